The van der Waals surface area contributed by atoms with Gasteiger partial charge in [-0.3, -0.25) is 33.6 Å². The van der Waals surface area contributed by atoms with Crippen molar-refractivity contribution in [3.8, 4) is 53.5 Å². The number of likely N-dealkylation sites (tertiary alicyclic amines) is 3. The number of carbonyl (C=O) groups excluding carboxylic acids is 7. The molecule has 3 unspecified atom stereocenters. The van der Waals surface area contributed by atoms with Gasteiger partial charge in [-0.2, -0.15) is 0 Å². The summed E-state index contributed by atoms with van der Waals surface area (Å²) >= 11 is 7.78. The van der Waals surface area contributed by atoms with Crippen LogP contribution in [0.2, 0.25) is 0 Å². The van der Waals surface area contributed by atoms with Crippen molar-refractivity contribution in [3.63, 3.8) is 0 Å². The fourth-order valence-electron chi connectivity index (χ4n) is 15.1. The van der Waals surface area contributed by atoms with Crippen molar-refractivity contribution in [3.05, 3.63) is 177 Å². The molecule has 10 N–H and O–H groups in total. The lowest BCUT2D eigenvalue weighted by molar-refractivity contribution is -0.136. The molecule has 3 aliphatic heterocycles. The van der Waals surface area contributed by atoms with Crippen molar-refractivity contribution in [1.82, 2.24) is 107 Å². The van der Waals surface area contributed by atoms with E-state index in [0.29, 0.717) is 165 Å². The van der Waals surface area contributed by atoms with E-state index in [1.807, 2.05) is 123 Å². The smallest absolute Gasteiger partial charge is 0.255 e. The molecule has 3 atom stereocenters. The zero-order valence-corrected chi connectivity index (χ0v) is 76.0. The number of nitrogens with zero attached hydrogens (tertiary/aromatic N) is 22. The molecular formula is C87H101N27O8S5. The Kier molecular flexibility index (Phi) is 28.7. The van der Waals surface area contributed by atoms with Crippen LogP contribution in [-0.2, 0) is 14.3 Å². The zero-order chi connectivity index (χ0) is 89.9. The van der Waals surface area contributed by atoms with Gasteiger partial charge in [0.25, 0.3) is 29.5 Å². The monoisotopic (exact) mass is 1810 g/mol. The van der Waals surface area contributed by atoms with E-state index in [-0.39, 0.29) is 59.9 Å². The fourth-order valence-corrected chi connectivity index (χ4v) is 18.3. The molecule has 3 aliphatic rings. The van der Waals surface area contributed by atoms with Gasteiger partial charge in [-0.1, -0.05) is 37.3 Å². The molecule has 15 aromatic heterocycles. The highest BCUT2D eigenvalue weighted by Gasteiger charge is 2.33. The molecule has 0 radical (unpaired) electrons. The van der Waals surface area contributed by atoms with Gasteiger partial charge >= 0.3 is 0 Å². The number of nitrogen functional groups attached to an aromatic ring is 5. The van der Waals surface area contributed by atoms with E-state index in [9.17, 15) is 33.6 Å². The molecule has 3 saturated heterocycles. The number of piperidine rings is 3. The van der Waals surface area contributed by atoms with Crippen molar-refractivity contribution in [2.24, 2.45) is 11.8 Å². The Morgan fingerprint density at radius 2 is 0.787 bits per heavy atom. The Morgan fingerprint density at radius 3 is 1.13 bits per heavy atom. The average Bonchev–Trinajstić information content (AvgIpc) is 1.69. The van der Waals surface area contributed by atoms with E-state index >= 15 is 0 Å². The van der Waals surface area contributed by atoms with E-state index < -0.39 is 0 Å². The van der Waals surface area contributed by atoms with Crippen LogP contribution in [0.15, 0.2) is 149 Å². The molecule has 18 rings (SSSR count). The van der Waals surface area contributed by atoms with Gasteiger partial charge < -0.3 is 67.7 Å². The molecule has 0 bridgehead atoms. The maximum absolute atomic E-state index is 13.2. The standard InChI is InChI=1S/C21H26N6O2S.2C17H19N5OS.C16H18N6O2S.C16H19N5O2S/c1-3-25(4-2)20(28)14-7-5-9-26(12-14)21(29)15-11-16(22)19-23-18(24-27(19)13-15)17-8-6-10-30-17;1-11-4-2-6-21(9-11)17(23)12-8-13(18)16-19-15(20-22(16)10-12)14-5-3-7-24-14;1-11-5-2-3-7-21(11)17(23)12-9-13(18)16-19-15(20-22(16)10-12)14-6-4-8-24-14;1-20(2)13(23)9-21(3)16(24)10-7-11(17)15-18-14(19-22(15)8-10)12-5-4-6-25-12;1-3-20(6-7-23-2)16(22)11-9-12(17)15-18-14(19-21(15)10-11)13-5-4-8-24-13/h6,8,10-11,13-14H,3-5,7,9,12,22H2,1-2H3;3,5,7-8,10-11H,2,4,6,9,18H2,1H3;4,6,8-11H,2-3,5,7,18H2,1H3;4-8H,9,17H2,1-3H3;4-5,8-10H,3,6-7,17H2,1-2H3. The zero-order valence-electron chi connectivity index (χ0n) is 71.9. The lowest BCUT2D eigenvalue weighted by Gasteiger charge is -2.34. The number of ether oxygens (including phenoxy) is 1. The summed E-state index contributed by atoms with van der Waals surface area (Å²) in [5, 5.41) is 32.2. The van der Waals surface area contributed by atoms with Crippen molar-refractivity contribution in [2.75, 3.05) is 129 Å². The second-order valence-corrected chi connectivity index (χ2v) is 35.8. The number of methoxy groups -OCH3 is 1. The molecule has 18 heterocycles. The number of rotatable bonds is 19. The highest BCUT2D eigenvalue weighted by atomic mass is 32.1. The number of hydrogen-bond donors (Lipinski definition) is 5. The minimum Gasteiger partial charge on any atom is -0.396 e. The van der Waals surface area contributed by atoms with Crippen LogP contribution in [0.1, 0.15) is 131 Å². The number of aromatic nitrogens is 15. The van der Waals surface area contributed by atoms with Gasteiger partial charge in [0.05, 0.1) is 99.7 Å². The number of nitrogens with two attached hydrogens (primary N) is 5. The van der Waals surface area contributed by atoms with Crippen LogP contribution in [-0.4, -0.2) is 255 Å². The molecule has 3 fully saturated rings. The lowest BCUT2D eigenvalue weighted by atomic mass is 9.96. The molecule has 40 heteroatoms. The number of fused-ring (bicyclic) bond motifs is 5. The minimum absolute atomic E-state index is 0.0123. The first kappa shape index (κ1) is 90.1. The molecular weight excluding hydrogens is 1710 g/mol. The lowest BCUT2D eigenvalue weighted by Crippen LogP contribution is -2.46. The topological polar surface area (TPSA) is 432 Å². The van der Waals surface area contributed by atoms with Crippen LogP contribution < -0.4 is 28.7 Å². The van der Waals surface area contributed by atoms with Gasteiger partial charge in [0.15, 0.2) is 57.4 Å². The average molecular weight is 1810 g/mol. The molecule has 127 heavy (non-hydrogen) atoms. The number of amides is 7. The Morgan fingerprint density at radius 1 is 0.433 bits per heavy atom. The molecule has 0 aliphatic carbocycles. The second kappa shape index (κ2) is 40.4. The number of pyridine rings is 5. The fraction of sp³-hybridized carbons (Fsp3) is 0.345. The summed E-state index contributed by atoms with van der Waals surface area (Å²) in [7, 11) is 6.48. The van der Waals surface area contributed by atoms with Gasteiger partial charge in [-0.25, -0.2) is 47.5 Å². The Balaban J connectivity index is 0.000000129. The van der Waals surface area contributed by atoms with Crippen LogP contribution in [0, 0.1) is 11.8 Å². The van der Waals surface area contributed by atoms with Crippen molar-refractivity contribution >= 4 is 155 Å². The summed E-state index contributed by atoms with van der Waals surface area (Å²) in [4.78, 5) is 128. The predicted molar refractivity (Wildman–Crippen MR) is 498 cm³/mol. The third-order valence-electron chi connectivity index (χ3n) is 21.8. The first-order chi connectivity index (χ1) is 61.3. The Bertz CT molecular complexity index is 6370. The molecule has 15 aromatic rings. The minimum atomic E-state index is -0.308. The van der Waals surface area contributed by atoms with Crippen molar-refractivity contribution < 1.29 is 38.3 Å². The van der Waals surface area contributed by atoms with Crippen LogP contribution >= 0.6 is 56.7 Å². The summed E-state index contributed by atoms with van der Waals surface area (Å²) in [5.74, 6) is 2.87. The predicted octanol–water partition coefficient (Wildman–Crippen LogP) is 12.1. The van der Waals surface area contributed by atoms with Crippen molar-refractivity contribution in [1.29, 1.82) is 0 Å². The Labute approximate surface area is 752 Å². The SMILES string of the molecule is CC1CCCCN1C(=O)c1cc(N)c2nc(-c3cccs3)nn2c1.CC1CCCN(C(=O)c2cc(N)c3nc(-c4cccs4)nn3c2)C1.CCN(CC)C(=O)C1CCCN(C(=O)c2cc(N)c3nc(-c4cccs4)nn3c2)C1.CCN(CCOC)C(=O)c1cc(N)c2nc(-c3cccs3)nn2c1.CN(C)C(=O)CN(C)C(=O)c1cc(N)c2nc(-c3cccs3)nn2c1. The molecule has 0 saturated carbocycles. The van der Waals surface area contributed by atoms with Gasteiger partial charge in [-0.15, -0.1) is 82.2 Å². The normalized spacial score (nSPS) is 15.1. The van der Waals surface area contributed by atoms with Crippen LogP contribution in [0.5, 0.6) is 0 Å². The van der Waals surface area contributed by atoms with Crippen LogP contribution in [0.4, 0.5) is 28.4 Å². The van der Waals surface area contributed by atoms with Crippen molar-refractivity contribution in [2.45, 2.75) is 85.6 Å². The molecule has 662 valence electrons. The summed E-state index contributed by atoms with van der Waals surface area (Å²) < 4.78 is 12.9. The summed E-state index contributed by atoms with van der Waals surface area (Å²) in [6, 6.07) is 28.0. The molecule has 0 aromatic carbocycles. The molecule has 35 nitrogen and oxygen atoms in total. The highest BCUT2D eigenvalue weighted by Crippen LogP contribution is 2.33. The van der Waals surface area contributed by atoms with E-state index in [2.05, 4.69) is 64.3 Å². The largest absolute Gasteiger partial charge is 0.396 e. The van der Waals surface area contributed by atoms with Crippen LogP contribution in [0.25, 0.3) is 81.7 Å². The summed E-state index contributed by atoms with van der Waals surface area (Å²) in [6.07, 6.45) is 15.5. The number of hydrogen-bond acceptors (Lipinski definition) is 28. The van der Waals surface area contributed by atoms with Crippen LogP contribution in [0.3, 0.4) is 0 Å². The quantitative estimate of drug-likeness (QED) is 0.0502. The third-order valence-corrected chi connectivity index (χ3v) is 26.2. The summed E-state index contributed by atoms with van der Waals surface area (Å²) in [5.41, 5.74) is 37.9. The summed E-state index contributed by atoms with van der Waals surface area (Å²) in [6.45, 7) is 16.6. The Hall–Kier alpha value is -13.2. The van der Waals surface area contributed by atoms with E-state index in [4.69, 9.17) is 33.4 Å². The molecule has 7 amide bonds. The molecule has 0 spiro atoms. The maximum atomic E-state index is 13.2. The third kappa shape index (κ3) is 20.7. The highest BCUT2D eigenvalue weighted by molar-refractivity contribution is 7.14. The van der Waals surface area contributed by atoms with Gasteiger partial charge in [0.1, 0.15) is 0 Å². The number of thiophene rings is 5. The van der Waals surface area contributed by atoms with Gasteiger partial charge in [-0.05, 0) is 166 Å². The van der Waals surface area contributed by atoms with E-state index in [0.717, 1.165) is 76.1 Å². The van der Waals surface area contributed by atoms with Gasteiger partial charge in [0.2, 0.25) is 11.8 Å². The first-order valence-corrected chi connectivity index (χ1v) is 46.1. The number of likely N-dealkylation sites (N-methyl/N-ethyl adjacent to an activating group) is 3. The first-order valence-electron chi connectivity index (χ1n) is 41.7. The number of carbonyl (C=O) groups is 7. The van der Waals surface area contributed by atoms with Gasteiger partial charge in [0, 0.05) is 124 Å². The number of anilines is 5. The second-order valence-electron chi connectivity index (χ2n) is 31.1. The van der Waals surface area contributed by atoms with E-state index in [1.54, 1.807) is 163 Å². The maximum Gasteiger partial charge on any atom is 0.255 e. The van der Waals surface area contributed by atoms with E-state index in [1.165, 1.54) is 38.5 Å².